The van der Waals surface area contributed by atoms with Gasteiger partial charge in [-0.25, -0.2) is 14.7 Å². The second-order valence-electron chi connectivity index (χ2n) is 23.5. The molecule has 4 N–H and O–H groups in total. The molecule has 22 heteroatoms. The topological polar surface area (TPSA) is 256 Å². The third kappa shape index (κ3) is 19.6. The molecule has 10 rings (SSSR count). The minimum Gasteiger partial charge on any atom is -0.494 e. The van der Waals surface area contributed by atoms with Crippen LogP contribution in [0.1, 0.15) is 96.7 Å². The molecule has 0 aliphatic rings. The smallest absolute Gasteiger partial charge is 0.418 e. The van der Waals surface area contributed by atoms with Crippen LogP contribution >= 0.6 is 8.25 Å². The normalized spacial score (nSPS) is 12.4. The van der Waals surface area contributed by atoms with E-state index < -0.39 is 55.8 Å². The highest BCUT2D eigenvalue weighted by Gasteiger charge is 2.34. The molecule has 0 saturated heterocycles. The summed E-state index contributed by atoms with van der Waals surface area (Å²) in [7, 11) is -3.40. The van der Waals surface area contributed by atoms with Crippen molar-refractivity contribution in [2.45, 2.75) is 91.5 Å². The van der Waals surface area contributed by atoms with E-state index in [-0.39, 0.29) is 74.3 Å². The van der Waals surface area contributed by atoms with Gasteiger partial charge in [0.05, 0.1) is 50.5 Å². The summed E-state index contributed by atoms with van der Waals surface area (Å²) in [6.45, 7) is 7.61. The van der Waals surface area contributed by atoms with Crippen molar-refractivity contribution in [1.82, 2.24) is 31.4 Å². The quantitative estimate of drug-likeness (QED) is 0.0121. The maximum atomic E-state index is 14.2. The number of fused-ring (bicyclic) bond motifs is 2. The van der Waals surface area contributed by atoms with Crippen molar-refractivity contribution in [3.8, 4) is 45.6 Å². The monoisotopic (exact) mass is 1370 g/mol. The Hall–Kier alpha value is -11.0. The largest absolute Gasteiger partial charge is 0.494 e. The number of nitrogens with zero attached hydrogens (tertiary/aromatic N) is 2. The van der Waals surface area contributed by atoms with E-state index in [0.29, 0.717) is 74.0 Å². The van der Waals surface area contributed by atoms with Crippen LogP contribution < -0.4 is 39.8 Å². The van der Waals surface area contributed by atoms with Gasteiger partial charge in [-0.3, -0.25) is 38.4 Å². The summed E-state index contributed by atoms with van der Waals surface area (Å²) in [4.78, 5) is 92.9. The van der Waals surface area contributed by atoms with Gasteiger partial charge in [0.15, 0.2) is 11.5 Å². The van der Waals surface area contributed by atoms with Gasteiger partial charge in [-0.15, -0.1) is 0 Å². The first-order chi connectivity index (χ1) is 48.8. The Balaban J connectivity index is 0.758. The SMILES string of the molecule is CCOc1cc(O[PH](=O)Oc2cc(OCC)cc(-c3ccc(C(=O)NCNC(=O)[C@H](CCc4ccc5ccccc5c4)[C@@H](CC)N(C=O)OCc4ccccc4)o3)c2)cc(-c2ccc(C(=O)NCNC(=O)[C@H](CCc3ccc4ccccc4c3)[C@@H](CC)N(C=O)OCc3ccccc3)o2)c1. The van der Waals surface area contributed by atoms with E-state index in [1.54, 1.807) is 50.2 Å². The molecule has 0 spiro atoms. The van der Waals surface area contributed by atoms with Gasteiger partial charge in [-0.2, -0.15) is 0 Å². The molecule has 4 atom stereocenters. The van der Waals surface area contributed by atoms with Crippen molar-refractivity contribution < 1.29 is 70.4 Å². The van der Waals surface area contributed by atoms with Crippen LogP contribution in [0.25, 0.3) is 44.2 Å². The van der Waals surface area contributed by atoms with Crippen molar-refractivity contribution in [2.75, 3.05) is 26.6 Å². The average Bonchev–Trinajstić information content (AvgIpc) is 1.76. The number of carbonyl (C=O) groups excluding carboxylic acids is 6. The lowest BCUT2D eigenvalue weighted by Gasteiger charge is -2.32. The molecule has 0 saturated carbocycles. The van der Waals surface area contributed by atoms with Gasteiger partial charge in [0.25, 0.3) is 11.8 Å². The lowest BCUT2D eigenvalue weighted by Crippen LogP contribution is -2.48. The van der Waals surface area contributed by atoms with E-state index in [4.69, 9.17) is 37.0 Å². The summed E-state index contributed by atoms with van der Waals surface area (Å²) < 4.78 is 49.4. The summed E-state index contributed by atoms with van der Waals surface area (Å²) in [5, 5.41) is 17.9. The van der Waals surface area contributed by atoms with Crippen molar-refractivity contribution in [3.63, 3.8) is 0 Å². The van der Waals surface area contributed by atoms with E-state index in [2.05, 4.69) is 33.4 Å². The summed E-state index contributed by atoms with van der Waals surface area (Å²) in [6, 6.07) is 61.5. The summed E-state index contributed by atoms with van der Waals surface area (Å²) in [5.41, 5.74) is 4.56. The Kier molecular flexibility index (Phi) is 25.9. The average molecular weight is 1370 g/mol. The first kappa shape index (κ1) is 71.8. The Morgan fingerprint density at radius 2 is 0.830 bits per heavy atom. The van der Waals surface area contributed by atoms with Gasteiger partial charge in [0, 0.05) is 23.3 Å². The summed E-state index contributed by atoms with van der Waals surface area (Å²) in [6.07, 6.45) is 3.78. The van der Waals surface area contributed by atoms with Gasteiger partial charge in [-0.1, -0.05) is 159 Å². The highest BCUT2D eigenvalue weighted by molar-refractivity contribution is 7.34. The van der Waals surface area contributed by atoms with Crippen LogP contribution in [-0.4, -0.2) is 85.2 Å². The molecule has 10 aromatic rings. The zero-order valence-electron chi connectivity index (χ0n) is 56.1. The molecule has 2 heterocycles. The number of carbonyl (C=O) groups is 6. The van der Waals surface area contributed by atoms with Crippen LogP contribution in [0.2, 0.25) is 0 Å². The van der Waals surface area contributed by atoms with Gasteiger partial charge in [0.2, 0.25) is 24.6 Å². The number of ether oxygens (including phenoxy) is 2. The van der Waals surface area contributed by atoms with E-state index in [1.165, 1.54) is 34.4 Å². The molecule has 518 valence electrons. The summed E-state index contributed by atoms with van der Waals surface area (Å²) in [5.74, 6) is -2.33. The number of hydroxylamine groups is 4. The van der Waals surface area contributed by atoms with Crippen molar-refractivity contribution in [3.05, 3.63) is 240 Å². The van der Waals surface area contributed by atoms with E-state index >= 15 is 0 Å². The predicted octanol–water partition coefficient (Wildman–Crippen LogP) is 14.0. The molecule has 8 aromatic carbocycles. The molecule has 0 unspecified atom stereocenters. The number of hydrogen-bond donors (Lipinski definition) is 4. The van der Waals surface area contributed by atoms with Crippen molar-refractivity contribution >= 4 is 66.2 Å². The molecule has 6 amide bonds. The van der Waals surface area contributed by atoms with Crippen LogP contribution in [0, 0.1) is 11.8 Å². The Bertz CT molecular complexity index is 4140. The molecule has 0 aliphatic heterocycles. The highest BCUT2D eigenvalue weighted by Crippen LogP contribution is 2.40. The molecule has 2 aromatic heterocycles. The fourth-order valence-corrected chi connectivity index (χ4v) is 12.6. The number of furan rings is 2. The zero-order chi connectivity index (χ0) is 70.2. The van der Waals surface area contributed by atoms with Crippen molar-refractivity contribution in [1.29, 1.82) is 0 Å². The van der Waals surface area contributed by atoms with Gasteiger partial charge < -0.3 is 48.6 Å². The standard InChI is InChI=1S/C78H81N6O15P/c1-5-69(83(51-85)94-47-55-19-11-9-12-20-55)67(33-29-53-27-31-57-23-15-17-25-59(57)39-53)75(87)79-49-81-77(89)73-37-35-71(96-73)61-41-63(92-7-3)45-65(43-61)98-100(91)99-66-44-62(42-64(46-66)93-8-4)72-36-38-74(97-72)78(90)82-50-80-76(88)68(34-30-54-28-32-58-24-16-18-26-60(58)40-54)70(6-2)84(52-86)95-48-56-21-13-10-14-22-56/h9-28,31-32,35-46,51-52,67-70,100H,5-8,29-30,33-34,47-50H2,1-4H3,(H,79,87)(H,80,88)(H,81,89)(H,82,90)/t67-,68-,69-,70-/m1/s1. The minimum atomic E-state index is -3.40. The lowest BCUT2D eigenvalue weighted by atomic mass is 9.89. The second kappa shape index (κ2) is 36.0. The molecule has 100 heavy (non-hydrogen) atoms. The molecule has 0 radical (unpaired) electrons. The number of benzene rings is 8. The minimum absolute atomic E-state index is 0.0753. The van der Waals surface area contributed by atoms with E-state index in [1.807, 2.05) is 147 Å². The van der Waals surface area contributed by atoms with Crippen LogP contribution in [0.3, 0.4) is 0 Å². The second-order valence-corrected chi connectivity index (χ2v) is 24.4. The maximum absolute atomic E-state index is 14.2. The van der Waals surface area contributed by atoms with Crippen LogP contribution in [0.15, 0.2) is 215 Å². The Morgan fingerprint density at radius 3 is 1.22 bits per heavy atom. The van der Waals surface area contributed by atoms with E-state index in [0.717, 1.165) is 43.8 Å². The fraction of sp³-hybridized carbons (Fsp3) is 0.256. The first-order valence-corrected chi connectivity index (χ1v) is 34.6. The zero-order valence-corrected chi connectivity index (χ0v) is 57.1. The molecular weight excluding hydrogens is 1290 g/mol. The molecular formula is C78H81N6O15P. The number of hydrogen-bond acceptors (Lipinski definition) is 15. The number of aryl methyl sites for hydroxylation is 2. The van der Waals surface area contributed by atoms with Crippen LogP contribution in [0.4, 0.5) is 0 Å². The van der Waals surface area contributed by atoms with Crippen LogP contribution in [0.5, 0.6) is 23.0 Å². The molecule has 0 bridgehead atoms. The third-order valence-corrected chi connectivity index (χ3v) is 17.7. The Labute approximate surface area is 580 Å². The number of nitrogens with one attached hydrogen (secondary N) is 4. The molecule has 0 aliphatic carbocycles. The fourth-order valence-electron chi connectivity index (χ4n) is 11.9. The summed E-state index contributed by atoms with van der Waals surface area (Å²) >= 11 is 0. The van der Waals surface area contributed by atoms with E-state index in [9.17, 15) is 33.3 Å². The highest BCUT2D eigenvalue weighted by atomic mass is 31.1. The number of amides is 6. The Morgan fingerprint density at radius 1 is 0.440 bits per heavy atom. The predicted molar refractivity (Wildman–Crippen MR) is 380 cm³/mol. The van der Waals surface area contributed by atoms with Gasteiger partial charge >= 0.3 is 8.25 Å². The van der Waals surface area contributed by atoms with Gasteiger partial charge in [0.1, 0.15) is 47.7 Å². The maximum Gasteiger partial charge on any atom is 0.418 e. The number of rotatable bonds is 38. The first-order valence-electron chi connectivity index (χ1n) is 33.4. The molecule has 21 nitrogen and oxygen atoms in total. The van der Waals surface area contributed by atoms with Crippen molar-refractivity contribution in [2.24, 2.45) is 11.8 Å². The lowest BCUT2D eigenvalue weighted by molar-refractivity contribution is -0.200. The third-order valence-electron chi connectivity index (χ3n) is 16.9. The van der Waals surface area contributed by atoms with Gasteiger partial charge in [-0.05, 0) is 145 Å². The van der Waals surface area contributed by atoms with Crippen LogP contribution in [-0.2, 0) is 59.5 Å². The molecule has 0 fully saturated rings.